The second-order valence-electron chi connectivity index (χ2n) is 10.2. The van der Waals surface area contributed by atoms with E-state index in [-0.39, 0.29) is 18.9 Å². The minimum absolute atomic E-state index is 0.0610. The molecule has 2 atom stereocenters. The Morgan fingerprint density at radius 1 is 0.950 bits per heavy atom. The lowest BCUT2D eigenvalue weighted by atomic mass is 9.99. The molecular formula is C33H37F2N3O2. The molecule has 1 amide bonds. The Hall–Kier alpha value is -3.68. The number of unbranched alkanes of at least 4 members (excludes halogenated alkanes) is 1. The van der Waals surface area contributed by atoms with Crippen LogP contribution in [0.3, 0.4) is 0 Å². The summed E-state index contributed by atoms with van der Waals surface area (Å²) < 4.78 is 27.9. The van der Waals surface area contributed by atoms with E-state index in [1.807, 2.05) is 30.3 Å². The average molecular weight is 546 g/mol. The number of aryl methyl sites for hydroxylation is 2. The maximum absolute atomic E-state index is 13.9. The molecule has 210 valence electrons. The number of halogens is 2. The fraction of sp³-hybridized carbons (Fsp3) is 0.333. The molecule has 0 unspecified atom stereocenters. The highest BCUT2D eigenvalue weighted by Gasteiger charge is 2.23. The predicted octanol–water partition coefficient (Wildman–Crippen LogP) is 5.91. The summed E-state index contributed by atoms with van der Waals surface area (Å²) in [6, 6.07) is 18.0. The Morgan fingerprint density at radius 3 is 2.48 bits per heavy atom. The Labute approximate surface area is 234 Å². The summed E-state index contributed by atoms with van der Waals surface area (Å²) in [6.45, 7) is 4.94. The van der Waals surface area contributed by atoms with Crippen LogP contribution in [0.1, 0.15) is 59.4 Å². The van der Waals surface area contributed by atoms with E-state index in [4.69, 9.17) is 0 Å². The standard InChI is InChI=1S/C33H37F2N3O2/c1-3-5-9-30-29-18-26(11-10-25(29)12-13-37-30)33(40)38-31(17-24-15-27(34)19-28(35)16-24)32(39)21-36-20-23-8-6-7-22(4-2)14-23/h6-8,10-16,18-19,31-32,36,39H,3-5,9,17,20-21H2,1-2H3,(H,38,40)/t31-,32+/m0/s1. The number of fused-ring (bicyclic) bond motifs is 1. The summed E-state index contributed by atoms with van der Waals surface area (Å²) in [5.41, 5.74) is 4.04. The highest BCUT2D eigenvalue weighted by atomic mass is 19.1. The zero-order valence-electron chi connectivity index (χ0n) is 23.1. The molecule has 0 aliphatic carbocycles. The first-order chi connectivity index (χ1) is 19.4. The maximum Gasteiger partial charge on any atom is 0.251 e. The zero-order valence-corrected chi connectivity index (χ0v) is 23.1. The van der Waals surface area contributed by atoms with Crippen LogP contribution in [0, 0.1) is 11.6 Å². The van der Waals surface area contributed by atoms with Gasteiger partial charge in [0.15, 0.2) is 0 Å². The summed E-state index contributed by atoms with van der Waals surface area (Å²) in [6.07, 6.45) is 4.62. The smallest absolute Gasteiger partial charge is 0.251 e. The minimum Gasteiger partial charge on any atom is -0.390 e. The van der Waals surface area contributed by atoms with Crippen molar-refractivity contribution in [2.45, 2.75) is 64.6 Å². The van der Waals surface area contributed by atoms with Crippen molar-refractivity contribution in [3.05, 3.63) is 113 Å². The van der Waals surface area contributed by atoms with Gasteiger partial charge >= 0.3 is 0 Å². The Morgan fingerprint density at radius 2 is 1.73 bits per heavy atom. The number of aliphatic hydroxyl groups excluding tert-OH is 1. The molecule has 40 heavy (non-hydrogen) atoms. The van der Waals surface area contributed by atoms with E-state index in [2.05, 4.69) is 41.6 Å². The molecule has 0 spiro atoms. The van der Waals surface area contributed by atoms with Gasteiger partial charge in [-0.15, -0.1) is 0 Å². The third-order valence-electron chi connectivity index (χ3n) is 7.12. The van der Waals surface area contributed by atoms with E-state index >= 15 is 0 Å². The van der Waals surface area contributed by atoms with Crippen LogP contribution >= 0.6 is 0 Å². The number of nitrogens with one attached hydrogen (secondary N) is 2. The van der Waals surface area contributed by atoms with Crippen LogP contribution < -0.4 is 10.6 Å². The first-order valence-corrected chi connectivity index (χ1v) is 14.0. The number of aromatic nitrogens is 1. The lowest BCUT2D eigenvalue weighted by Crippen LogP contribution is -2.48. The van der Waals surface area contributed by atoms with Crippen molar-refractivity contribution < 1.29 is 18.7 Å². The van der Waals surface area contributed by atoms with Gasteiger partial charge in [0.25, 0.3) is 5.91 Å². The zero-order chi connectivity index (χ0) is 28.5. The third kappa shape index (κ3) is 7.93. The molecule has 4 aromatic rings. The third-order valence-corrected chi connectivity index (χ3v) is 7.12. The van der Waals surface area contributed by atoms with Gasteiger partial charge in [0.2, 0.25) is 0 Å². The first kappa shape index (κ1) is 29.3. The first-order valence-electron chi connectivity index (χ1n) is 14.0. The minimum atomic E-state index is -1.01. The lowest BCUT2D eigenvalue weighted by molar-refractivity contribution is 0.0830. The van der Waals surface area contributed by atoms with Gasteiger partial charge in [0.05, 0.1) is 12.1 Å². The molecule has 7 heteroatoms. The average Bonchev–Trinajstić information content (AvgIpc) is 2.95. The van der Waals surface area contributed by atoms with Gasteiger partial charge in [-0.25, -0.2) is 8.78 Å². The molecule has 4 rings (SSSR count). The summed E-state index contributed by atoms with van der Waals surface area (Å²) in [7, 11) is 0. The van der Waals surface area contributed by atoms with E-state index in [1.54, 1.807) is 12.3 Å². The largest absolute Gasteiger partial charge is 0.390 e. The molecule has 1 heterocycles. The molecule has 3 N–H and O–H groups in total. The van der Waals surface area contributed by atoms with Crippen LogP contribution in [0.2, 0.25) is 0 Å². The fourth-order valence-corrected chi connectivity index (χ4v) is 4.90. The number of hydrogen-bond acceptors (Lipinski definition) is 4. The lowest BCUT2D eigenvalue weighted by Gasteiger charge is -2.25. The number of pyridine rings is 1. The number of carbonyl (C=O) groups is 1. The van der Waals surface area contributed by atoms with Crippen LogP contribution in [0.15, 0.2) is 72.9 Å². The normalized spacial score (nSPS) is 12.8. The van der Waals surface area contributed by atoms with Gasteiger partial charge in [-0.2, -0.15) is 0 Å². The van der Waals surface area contributed by atoms with E-state index in [0.29, 0.717) is 17.7 Å². The number of rotatable bonds is 13. The molecule has 1 aromatic heterocycles. The number of amides is 1. The van der Waals surface area contributed by atoms with Gasteiger partial charge in [-0.05, 0) is 78.1 Å². The topological polar surface area (TPSA) is 74.2 Å². The fourth-order valence-electron chi connectivity index (χ4n) is 4.90. The van der Waals surface area contributed by atoms with Crippen LogP contribution in [0.4, 0.5) is 8.78 Å². The van der Waals surface area contributed by atoms with Crippen molar-refractivity contribution in [1.29, 1.82) is 0 Å². The number of aliphatic hydroxyl groups is 1. The van der Waals surface area contributed by atoms with Crippen LogP contribution in [-0.2, 0) is 25.8 Å². The van der Waals surface area contributed by atoms with Crippen molar-refractivity contribution in [1.82, 2.24) is 15.6 Å². The SMILES string of the molecule is CCCCc1nccc2ccc(C(=O)N[C@@H](Cc3cc(F)cc(F)c3)[C@H](O)CNCc3cccc(CC)c3)cc12. The van der Waals surface area contributed by atoms with E-state index in [0.717, 1.165) is 53.8 Å². The summed E-state index contributed by atoms with van der Waals surface area (Å²) in [5.74, 6) is -1.78. The van der Waals surface area contributed by atoms with E-state index in [1.165, 1.54) is 17.7 Å². The van der Waals surface area contributed by atoms with Gasteiger partial charge in [0, 0.05) is 42.0 Å². The maximum atomic E-state index is 13.9. The molecule has 0 radical (unpaired) electrons. The van der Waals surface area contributed by atoms with Crippen molar-refractivity contribution in [3.8, 4) is 0 Å². The summed E-state index contributed by atoms with van der Waals surface area (Å²) in [5, 5.41) is 19.2. The quantitative estimate of drug-likeness (QED) is 0.195. The second kappa shape index (κ2) is 14.1. The van der Waals surface area contributed by atoms with Crippen molar-refractivity contribution in [3.63, 3.8) is 0 Å². The summed E-state index contributed by atoms with van der Waals surface area (Å²) >= 11 is 0. The molecule has 0 bridgehead atoms. The predicted molar refractivity (Wildman–Crippen MR) is 155 cm³/mol. The van der Waals surface area contributed by atoms with Gasteiger partial charge < -0.3 is 15.7 Å². The van der Waals surface area contributed by atoms with Crippen LogP contribution in [0.25, 0.3) is 10.8 Å². The van der Waals surface area contributed by atoms with Gasteiger partial charge in [-0.1, -0.05) is 50.6 Å². The number of benzene rings is 3. The van der Waals surface area contributed by atoms with E-state index in [9.17, 15) is 18.7 Å². The highest BCUT2D eigenvalue weighted by molar-refractivity contribution is 5.99. The molecule has 0 saturated heterocycles. The van der Waals surface area contributed by atoms with Crippen molar-refractivity contribution >= 4 is 16.7 Å². The highest BCUT2D eigenvalue weighted by Crippen LogP contribution is 2.21. The van der Waals surface area contributed by atoms with Crippen LogP contribution in [0.5, 0.6) is 0 Å². The van der Waals surface area contributed by atoms with Crippen LogP contribution in [-0.4, -0.2) is 34.7 Å². The molecular weight excluding hydrogens is 508 g/mol. The Balaban J connectivity index is 1.52. The van der Waals surface area contributed by atoms with Gasteiger partial charge in [0.1, 0.15) is 11.6 Å². The molecule has 0 aliphatic rings. The molecule has 5 nitrogen and oxygen atoms in total. The number of carbonyl (C=O) groups excluding carboxylic acids is 1. The number of hydrogen-bond donors (Lipinski definition) is 3. The number of nitrogens with zero attached hydrogens (tertiary/aromatic N) is 1. The molecule has 0 aliphatic heterocycles. The second-order valence-corrected chi connectivity index (χ2v) is 10.2. The Kier molecular flexibility index (Phi) is 10.3. The molecule has 0 fully saturated rings. The Bertz CT molecular complexity index is 1420. The van der Waals surface area contributed by atoms with Gasteiger partial charge in [-0.3, -0.25) is 9.78 Å². The molecule has 3 aromatic carbocycles. The monoisotopic (exact) mass is 545 g/mol. The summed E-state index contributed by atoms with van der Waals surface area (Å²) in [4.78, 5) is 17.9. The van der Waals surface area contributed by atoms with Crippen molar-refractivity contribution in [2.24, 2.45) is 0 Å². The molecule has 0 saturated carbocycles. The van der Waals surface area contributed by atoms with Crippen molar-refractivity contribution in [2.75, 3.05) is 6.54 Å². The van der Waals surface area contributed by atoms with E-state index < -0.39 is 23.8 Å².